The third kappa shape index (κ3) is 9.80. The summed E-state index contributed by atoms with van der Waals surface area (Å²) in [7, 11) is -0.400. The maximum Gasteiger partial charge on any atom is 0.330 e. The summed E-state index contributed by atoms with van der Waals surface area (Å²) in [6.45, 7) is 4.20. The highest BCUT2D eigenvalue weighted by atomic mass is 28.2. The summed E-state index contributed by atoms with van der Waals surface area (Å²) in [5.74, 6) is -1.66. The summed E-state index contributed by atoms with van der Waals surface area (Å²) < 4.78 is 5.26. The molecule has 0 rings (SSSR count). The molecule has 0 aromatic carbocycles. The Labute approximate surface area is 105 Å². The molecule has 0 aromatic rings. The molecule has 0 saturated carbocycles. The van der Waals surface area contributed by atoms with E-state index >= 15 is 0 Å². The Bertz CT molecular complexity index is 263. The van der Waals surface area contributed by atoms with E-state index < -0.39 is 21.5 Å². The first-order valence-corrected chi connectivity index (χ1v) is 8.03. The van der Waals surface area contributed by atoms with Gasteiger partial charge in [-0.3, -0.25) is 0 Å². The monoisotopic (exact) mass is 258 g/mol. The number of carboxylic acid groups (broad SMARTS) is 1. The van der Waals surface area contributed by atoms with Crippen LogP contribution in [0.5, 0.6) is 0 Å². The van der Waals surface area contributed by atoms with Crippen LogP contribution in [-0.2, 0) is 14.3 Å². The summed E-state index contributed by atoms with van der Waals surface area (Å²) in [5, 5.41) is 8.39. The Balaban J connectivity index is 4.04. The molecule has 1 atom stereocenters. The fourth-order valence-corrected chi connectivity index (χ4v) is 3.77. The van der Waals surface area contributed by atoms with E-state index in [1.807, 2.05) is 0 Å². The zero-order chi connectivity index (χ0) is 13.1. The highest BCUT2D eigenvalue weighted by Crippen LogP contribution is 2.06. The van der Waals surface area contributed by atoms with Crippen LogP contribution in [0.3, 0.4) is 0 Å². The lowest BCUT2D eigenvalue weighted by molar-refractivity contribution is -0.140. The minimum Gasteiger partial charge on any atom is -0.478 e. The van der Waals surface area contributed by atoms with Crippen LogP contribution in [0.25, 0.3) is 0 Å². The maximum atomic E-state index is 11.3. The Hall–Kier alpha value is -1.10. The summed E-state index contributed by atoms with van der Waals surface area (Å²) >= 11 is 0. The van der Waals surface area contributed by atoms with Crippen LogP contribution in [0.2, 0.25) is 6.04 Å². The van der Waals surface area contributed by atoms with Gasteiger partial charge in [-0.2, -0.15) is 0 Å². The van der Waals surface area contributed by atoms with Crippen LogP contribution in [-0.4, -0.2) is 32.3 Å². The molecule has 0 amide bonds. The number of rotatable bonds is 9. The van der Waals surface area contributed by atoms with Gasteiger partial charge in [0, 0.05) is 12.2 Å². The van der Waals surface area contributed by atoms with E-state index in [9.17, 15) is 9.59 Å². The molecule has 0 bridgehead atoms. The van der Waals surface area contributed by atoms with Crippen molar-refractivity contribution in [3.63, 3.8) is 0 Å². The smallest absolute Gasteiger partial charge is 0.330 e. The Morgan fingerprint density at radius 1 is 1.29 bits per heavy atom. The molecule has 0 saturated heterocycles. The van der Waals surface area contributed by atoms with Crippen molar-refractivity contribution in [3.8, 4) is 0 Å². The Morgan fingerprint density at radius 3 is 2.53 bits per heavy atom. The Kier molecular flexibility index (Phi) is 9.42. The topological polar surface area (TPSA) is 63.6 Å². The van der Waals surface area contributed by atoms with Gasteiger partial charge in [0.25, 0.3) is 0 Å². The lowest BCUT2D eigenvalue weighted by Crippen LogP contribution is -2.23. The molecule has 0 fully saturated rings. The van der Waals surface area contributed by atoms with Crippen LogP contribution in [0.4, 0.5) is 0 Å². The molecule has 1 N–H and O–H groups in total. The van der Waals surface area contributed by atoms with Crippen molar-refractivity contribution in [1.29, 1.82) is 0 Å². The largest absolute Gasteiger partial charge is 0.478 e. The third-order valence-corrected chi connectivity index (χ3v) is 4.51. The second-order valence-corrected chi connectivity index (χ2v) is 6.21. The highest BCUT2D eigenvalue weighted by Gasteiger charge is 2.12. The number of ether oxygens (including phenoxy) is 1. The van der Waals surface area contributed by atoms with Crippen molar-refractivity contribution in [1.82, 2.24) is 0 Å². The summed E-state index contributed by atoms with van der Waals surface area (Å²) in [6, 6.07) is 1.18. The number of unbranched alkanes of at least 4 members (excludes halogenated alkanes) is 1. The van der Waals surface area contributed by atoms with Crippen LogP contribution < -0.4 is 0 Å². The van der Waals surface area contributed by atoms with Gasteiger partial charge in [0.15, 0.2) is 0 Å². The second-order valence-electron chi connectivity index (χ2n) is 4.01. The van der Waals surface area contributed by atoms with Crippen LogP contribution in [0.1, 0.15) is 39.5 Å². The minimum absolute atomic E-state index is 0.0532. The average Bonchev–Trinajstić information content (AvgIpc) is 2.27. The molecule has 1 unspecified atom stereocenters. The molecule has 4 nitrogen and oxygen atoms in total. The SMILES string of the molecule is CCCC[SiH2]C(CCC)OC(=O)C=CC(=O)O. The number of carboxylic acids is 1. The molecule has 0 radical (unpaired) electrons. The molecule has 98 valence electrons. The van der Waals surface area contributed by atoms with Crippen molar-refractivity contribution in [2.45, 2.75) is 51.3 Å². The van der Waals surface area contributed by atoms with Gasteiger partial charge in [0.05, 0.1) is 15.2 Å². The molecular formula is C12H22O4Si. The maximum absolute atomic E-state index is 11.3. The van der Waals surface area contributed by atoms with Gasteiger partial charge < -0.3 is 9.84 Å². The predicted octanol–water partition coefficient (Wildman–Crippen LogP) is 1.68. The molecular weight excluding hydrogens is 236 g/mol. The number of hydrogen-bond acceptors (Lipinski definition) is 3. The van der Waals surface area contributed by atoms with E-state index in [2.05, 4.69) is 13.8 Å². The molecule has 0 aromatic heterocycles. The molecule has 17 heavy (non-hydrogen) atoms. The van der Waals surface area contributed by atoms with Crippen molar-refractivity contribution in [2.75, 3.05) is 0 Å². The van der Waals surface area contributed by atoms with Crippen LogP contribution in [0, 0.1) is 0 Å². The normalized spacial score (nSPS) is 13.3. The second kappa shape index (κ2) is 10.1. The summed E-state index contributed by atoms with van der Waals surface area (Å²) in [4.78, 5) is 21.6. The average molecular weight is 258 g/mol. The molecule has 0 aliphatic heterocycles. The van der Waals surface area contributed by atoms with Gasteiger partial charge in [-0.25, -0.2) is 9.59 Å². The number of esters is 1. The van der Waals surface area contributed by atoms with Crippen molar-refractivity contribution >= 4 is 21.5 Å². The van der Waals surface area contributed by atoms with Gasteiger partial charge in [-0.15, -0.1) is 0 Å². The van der Waals surface area contributed by atoms with Crippen molar-refractivity contribution in [2.24, 2.45) is 0 Å². The van der Waals surface area contributed by atoms with Crippen LogP contribution in [0.15, 0.2) is 12.2 Å². The quantitative estimate of drug-likeness (QED) is 0.296. The van der Waals surface area contributed by atoms with Crippen molar-refractivity contribution in [3.05, 3.63) is 12.2 Å². The van der Waals surface area contributed by atoms with Gasteiger partial charge in [-0.05, 0) is 6.42 Å². The minimum atomic E-state index is -1.13. The predicted molar refractivity (Wildman–Crippen MR) is 69.8 cm³/mol. The number of hydrogen-bond donors (Lipinski definition) is 1. The lowest BCUT2D eigenvalue weighted by Gasteiger charge is -2.15. The summed E-state index contributed by atoms with van der Waals surface area (Å²) in [5.41, 5.74) is 0.0532. The first-order valence-electron chi connectivity index (χ1n) is 6.21. The van der Waals surface area contributed by atoms with E-state index in [0.29, 0.717) is 0 Å². The van der Waals surface area contributed by atoms with Crippen LogP contribution >= 0.6 is 0 Å². The number of carbonyl (C=O) groups excluding carboxylic acids is 1. The fourth-order valence-electron chi connectivity index (χ4n) is 1.55. The zero-order valence-electron chi connectivity index (χ0n) is 10.6. The van der Waals surface area contributed by atoms with Gasteiger partial charge in [-0.1, -0.05) is 39.2 Å². The number of carbonyl (C=O) groups is 2. The lowest BCUT2D eigenvalue weighted by atomic mass is 10.3. The summed E-state index contributed by atoms with van der Waals surface area (Å²) in [6.07, 6.45) is 6.04. The fraction of sp³-hybridized carbons (Fsp3) is 0.667. The van der Waals surface area contributed by atoms with E-state index in [4.69, 9.17) is 9.84 Å². The van der Waals surface area contributed by atoms with E-state index in [0.717, 1.165) is 25.0 Å². The standard InChI is InChI=1S/C12H22O4Si/c1-3-5-9-17-12(6-4-2)16-11(15)8-7-10(13)14/h7-8,12H,3-6,9,17H2,1-2H3,(H,13,14). The number of aliphatic carboxylic acids is 1. The molecule has 5 heteroatoms. The molecule has 0 aliphatic carbocycles. The van der Waals surface area contributed by atoms with E-state index in [1.165, 1.54) is 18.9 Å². The highest BCUT2D eigenvalue weighted by molar-refractivity contribution is 6.37. The molecule has 0 heterocycles. The van der Waals surface area contributed by atoms with E-state index in [-0.39, 0.29) is 5.73 Å². The van der Waals surface area contributed by atoms with Gasteiger partial charge in [0.2, 0.25) is 0 Å². The first kappa shape index (κ1) is 15.9. The van der Waals surface area contributed by atoms with Gasteiger partial charge >= 0.3 is 11.9 Å². The third-order valence-electron chi connectivity index (χ3n) is 2.39. The van der Waals surface area contributed by atoms with E-state index in [1.54, 1.807) is 0 Å². The first-order chi connectivity index (χ1) is 8.10. The molecule has 0 aliphatic rings. The molecule has 0 spiro atoms. The zero-order valence-corrected chi connectivity index (χ0v) is 12.1. The Morgan fingerprint density at radius 2 is 2.00 bits per heavy atom. The van der Waals surface area contributed by atoms with Gasteiger partial charge in [0.1, 0.15) is 0 Å². The van der Waals surface area contributed by atoms with Crippen molar-refractivity contribution < 1.29 is 19.4 Å².